The highest BCUT2D eigenvalue weighted by Gasteiger charge is 2.45. The first-order valence-electron chi connectivity index (χ1n) is 13.0. The summed E-state index contributed by atoms with van der Waals surface area (Å²) >= 11 is 0. The van der Waals surface area contributed by atoms with Gasteiger partial charge in [0.25, 0.3) is 0 Å². The van der Waals surface area contributed by atoms with Crippen LogP contribution in [0.25, 0.3) is 0 Å². The van der Waals surface area contributed by atoms with Crippen LogP contribution in [0.1, 0.15) is 62.1 Å². The Morgan fingerprint density at radius 3 is 2.00 bits per heavy atom. The van der Waals surface area contributed by atoms with Gasteiger partial charge in [0.2, 0.25) is 5.91 Å². The van der Waals surface area contributed by atoms with Gasteiger partial charge in [0.05, 0.1) is 0 Å². The molecule has 232 valence electrons. The van der Waals surface area contributed by atoms with Gasteiger partial charge in [-0.1, -0.05) is 30.3 Å². The summed E-state index contributed by atoms with van der Waals surface area (Å²) in [7, 11) is 0. The number of aromatic nitrogens is 1. The monoisotopic (exact) mass is 605 g/mol. The number of rotatable bonds is 5. The molecule has 0 radical (unpaired) electrons. The highest BCUT2D eigenvalue weighted by atomic mass is 19.4. The average Bonchev–Trinajstić information content (AvgIpc) is 3.18. The summed E-state index contributed by atoms with van der Waals surface area (Å²) in [5.41, 5.74) is 4.43. The Labute approximate surface area is 238 Å². The third-order valence-corrected chi connectivity index (χ3v) is 6.92. The molecule has 2 aromatic rings. The Morgan fingerprint density at radius 2 is 1.52 bits per heavy atom. The van der Waals surface area contributed by atoms with Gasteiger partial charge < -0.3 is 15.5 Å². The van der Waals surface area contributed by atoms with Gasteiger partial charge in [-0.3, -0.25) is 14.7 Å². The number of nitrogens with zero attached hydrogens (tertiary/aromatic N) is 2. The Balaban J connectivity index is 0.000000367. The van der Waals surface area contributed by atoms with Crippen LogP contribution in [0, 0.1) is 0 Å². The van der Waals surface area contributed by atoms with Crippen molar-refractivity contribution in [2.24, 2.45) is 0 Å². The molecule has 1 saturated heterocycles. The first-order valence-corrected chi connectivity index (χ1v) is 13.0. The summed E-state index contributed by atoms with van der Waals surface area (Å²) in [4.78, 5) is 37.0. The Kier molecular flexibility index (Phi) is 11.9. The van der Waals surface area contributed by atoms with Crippen molar-refractivity contribution >= 4 is 17.8 Å². The van der Waals surface area contributed by atoms with E-state index in [2.05, 4.69) is 45.5 Å². The number of alkyl halides is 6. The van der Waals surface area contributed by atoms with Crippen LogP contribution in [0.5, 0.6) is 0 Å². The second kappa shape index (κ2) is 14.5. The van der Waals surface area contributed by atoms with Crippen molar-refractivity contribution in [2.45, 2.75) is 75.8 Å². The number of likely N-dealkylation sites (tertiary alicyclic amines) is 1. The molecule has 1 aliphatic carbocycles. The van der Waals surface area contributed by atoms with Crippen LogP contribution in [-0.2, 0) is 26.3 Å². The molecule has 1 aliphatic heterocycles. The normalized spacial score (nSPS) is 17.8. The number of carbonyl (C=O) groups is 3. The number of hydrogen-bond donors (Lipinski definition) is 3. The van der Waals surface area contributed by atoms with Crippen LogP contribution >= 0.6 is 0 Å². The quantitative estimate of drug-likeness (QED) is 0.397. The summed E-state index contributed by atoms with van der Waals surface area (Å²) in [6.45, 7) is 7.24. The number of benzene rings is 1. The number of halogens is 6. The van der Waals surface area contributed by atoms with Crippen molar-refractivity contribution in [3.05, 3.63) is 65.5 Å². The standard InChI is InChI=1S/C24H31N3O.2C2HF3O2/c1-18(2)26-23(28)14-20-15-24(22-8-4-3-7-21(20)22)9-12-27(13-10-24)17-19-6-5-11-25-16-19;2*3-2(4,5)1(6)7/h3-8,11,16,18,20H,9-10,12-15,17H2,1-2H3,(H,26,28);2*(H,6,7). The molecule has 2 aliphatic rings. The molecular weight excluding hydrogens is 572 g/mol. The number of piperidine rings is 1. The summed E-state index contributed by atoms with van der Waals surface area (Å²) < 4.78 is 63.5. The highest BCUT2D eigenvalue weighted by Crippen LogP contribution is 2.52. The lowest BCUT2D eigenvalue weighted by molar-refractivity contribution is -0.193. The van der Waals surface area contributed by atoms with E-state index in [4.69, 9.17) is 19.8 Å². The molecule has 0 bridgehead atoms. The maximum Gasteiger partial charge on any atom is 0.490 e. The van der Waals surface area contributed by atoms with E-state index in [1.807, 2.05) is 32.3 Å². The van der Waals surface area contributed by atoms with Gasteiger partial charge >= 0.3 is 24.3 Å². The highest BCUT2D eigenvalue weighted by molar-refractivity contribution is 5.77. The first kappa shape index (κ1) is 34.5. The molecule has 4 rings (SSSR count). The molecule has 1 aromatic heterocycles. The molecule has 0 saturated carbocycles. The SMILES string of the molecule is CC(C)NC(=O)CC1CC2(CCN(Cc3cccnc3)CC2)c2ccccc21.O=C(O)C(F)(F)F.O=C(O)C(F)(F)F. The minimum absolute atomic E-state index is 0.181. The number of amides is 1. The maximum absolute atomic E-state index is 12.4. The van der Waals surface area contributed by atoms with Crippen molar-refractivity contribution in [1.82, 2.24) is 15.2 Å². The van der Waals surface area contributed by atoms with Crippen molar-refractivity contribution < 1.29 is 50.9 Å². The van der Waals surface area contributed by atoms with Gasteiger partial charge in [0.15, 0.2) is 0 Å². The number of carbonyl (C=O) groups excluding carboxylic acids is 1. The van der Waals surface area contributed by atoms with E-state index in [9.17, 15) is 31.1 Å². The average molecular weight is 606 g/mol. The predicted octanol–water partition coefficient (Wildman–Crippen LogP) is 5.28. The van der Waals surface area contributed by atoms with E-state index >= 15 is 0 Å². The molecular formula is C28H33F6N3O5. The molecule has 42 heavy (non-hydrogen) atoms. The molecule has 1 amide bonds. The fraction of sp³-hybridized carbons (Fsp3) is 0.500. The van der Waals surface area contributed by atoms with Crippen molar-refractivity contribution in [3.8, 4) is 0 Å². The lowest BCUT2D eigenvalue weighted by atomic mass is 9.73. The molecule has 1 atom stereocenters. The second-order valence-corrected chi connectivity index (χ2v) is 10.4. The lowest BCUT2D eigenvalue weighted by Crippen LogP contribution is -2.41. The number of fused-ring (bicyclic) bond motifs is 2. The zero-order chi connectivity index (χ0) is 31.7. The van der Waals surface area contributed by atoms with Crippen LogP contribution in [0.15, 0.2) is 48.8 Å². The third kappa shape index (κ3) is 10.3. The van der Waals surface area contributed by atoms with Crippen LogP contribution < -0.4 is 5.32 Å². The number of hydrogen-bond acceptors (Lipinski definition) is 5. The molecule has 8 nitrogen and oxygen atoms in total. The Hall–Kier alpha value is -3.68. The fourth-order valence-corrected chi connectivity index (χ4v) is 5.18. The zero-order valence-electron chi connectivity index (χ0n) is 23.0. The van der Waals surface area contributed by atoms with Crippen molar-refractivity contribution in [1.29, 1.82) is 0 Å². The van der Waals surface area contributed by atoms with Gasteiger partial charge in [-0.25, -0.2) is 9.59 Å². The molecule has 2 heterocycles. The van der Waals surface area contributed by atoms with Crippen LogP contribution in [0.3, 0.4) is 0 Å². The van der Waals surface area contributed by atoms with E-state index in [0.717, 1.165) is 26.1 Å². The number of nitrogens with one attached hydrogen (secondary N) is 1. The van der Waals surface area contributed by atoms with Crippen molar-refractivity contribution in [3.63, 3.8) is 0 Å². The molecule has 3 N–H and O–H groups in total. The Bertz CT molecular complexity index is 1170. The number of carboxylic acids is 2. The van der Waals surface area contributed by atoms with Gasteiger partial charge in [-0.2, -0.15) is 26.3 Å². The zero-order valence-corrected chi connectivity index (χ0v) is 23.0. The molecule has 1 aromatic carbocycles. The van der Waals surface area contributed by atoms with E-state index in [0.29, 0.717) is 12.3 Å². The lowest BCUT2D eigenvalue weighted by Gasteiger charge is -2.40. The summed E-state index contributed by atoms with van der Waals surface area (Å²) in [5, 5.41) is 17.3. The summed E-state index contributed by atoms with van der Waals surface area (Å²) in [5.74, 6) is -4.99. The smallest absolute Gasteiger partial charge is 0.475 e. The van der Waals surface area contributed by atoms with Crippen LogP contribution in [-0.4, -0.2) is 69.4 Å². The van der Waals surface area contributed by atoms with E-state index in [1.165, 1.54) is 29.5 Å². The minimum atomic E-state index is -5.08. The fourth-order valence-electron chi connectivity index (χ4n) is 5.18. The van der Waals surface area contributed by atoms with Gasteiger partial charge in [-0.15, -0.1) is 0 Å². The van der Waals surface area contributed by atoms with Gasteiger partial charge in [0.1, 0.15) is 0 Å². The molecule has 1 fully saturated rings. The summed E-state index contributed by atoms with van der Waals surface area (Å²) in [6, 6.07) is 13.2. The molecule has 1 spiro atoms. The van der Waals surface area contributed by atoms with E-state index in [1.54, 1.807) is 0 Å². The third-order valence-electron chi connectivity index (χ3n) is 6.92. The van der Waals surface area contributed by atoms with E-state index in [-0.39, 0.29) is 17.4 Å². The van der Waals surface area contributed by atoms with Crippen LogP contribution in [0.4, 0.5) is 26.3 Å². The summed E-state index contributed by atoms with van der Waals surface area (Å²) in [6.07, 6.45) is -2.30. The predicted molar refractivity (Wildman–Crippen MR) is 140 cm³/mol. The number of pyridine rings is 1. The first-order chi connectivity index (χ1) is 19.4. The second-order valence-electron chi connectivity index (χ2n) is 10.4. The minimum Gasteiger partial charge on any atom is -0.475 e. The maximum atomic E-state index is 12.4. The van der Waals surface area contributed by atoms with Gasteiger partial charge in [-0.05, 0) is 80.3 Å². The largest absolute Gasteiger partial charge is 0.490 e. The van der Waals surface area contributed by atoms with E-state index < -0.39 is 24.3 Å². The number of carboxylic acid groups (broad SMARTS) is 2. The number of aliphatic carboxylic acids is 2. The molecule has 14 heteroatoms. The topological polar surface area (TPSA) is 120 Å². The van der Waals surface area contributed by atoms with Crippen LogP contribution in [0.2, 0.25) is 0 Å². The van der Waals surface area contributed by atoms with Gasteiger partial charge in [0, 0.05) is 31.4 Å². The molecule has 1 unspecified atom stereocenters. The Morgan fingerprint density at radius 1 is 0.976 bits per heavy atom. The van der Waals surface area contributed by atoms with Crippen molar-refractivity contribution in [2.75, 3.05) is 13.1 Å².